The molecule has 0 atom stereocenters. The highest BCUT2D eigenvalue weighted by Gasteiger charge is 2.05. The SMILES string of the molecule is CCCCOC(=O)c1ccc(N=Cc2ccc(OC)cc2)cc1. The summed E-state index contributed by atoms with van der Waals surface area (Å²) in [4.78, 5) is 16.2. The predicted molar refractivity (Wildman–Crippen MR) is 91.9 cm³/mol. The van der Waals surface area contributed by atoms with E-state index in [1.165, 1.54) is 0 Å². The third-order valence-corrected chi connectivity index (χ3v) is 3.31. The highest BCUT2D eigenvalue weighted by atomic mass is 16.5. The lowest BCUT2D eigenvalue weighted by Crippen LogP contribution is -2.05. The molecule has 0 aliphatic carbocycles. The van der Waals surface area contributed by atoms with Gasteiger partial charge in [-0.25, -0.2) is 4.79 Å². The van der Waals surface area contributed by atoms with E-state index in [9.17, 15) is 4.79 Å². The fourth-order valence-electron chi connectivity index (χ4n) is 1.92. The first-order chi connectivity index (χ1) is 11.2. The number of esters is 1. The molecule has 23 heavy (non-hydrogen) atoms. The molecule has 0 spiro atoms. The minimum atomic E-state index is -0.288. The van der Waals surface area contributed by atoms with E-state index in [-0.39, 0.29) is 5.97 Å². The van der Waals surface area contributed by atoms with E-state index in [2.05, 4.69) is 11.9 Å². The van der Waals surface area contributed by atoms with Crippen molar-refractivity contribution in [3.05, 3.63) is 59.7 Å². The monoisotopic (exact) mass is 311 g/mol. The van der Waals surface area contributed by atoms with Gasteiger partial charge >= 0.3 is 5.97 Å². The van der Waals surface area contributed by atoms with Crippen molar-refractivity contribution in [2.45, 2.75) is 19.8 Å². The van der Waals surface area contributed by atoms with Crippen LogP contribution in [0, 0.1) is 0 Å². The standard InChI is InChI=1S/C19H21NO3/c1-3-4-13-23-19(21)16-7-9-17(10-8-16)20-14-15-5-11-18(22-2)12-6-15/h5-12,14H,3-4,13H2,1-2H3. The van der Waals surface area contributed by atoms with Crippen molar-refractivity contribution in [2.24, 2.45) is 4.99 Å². The Morgan fingerprint density at radius 1 is 1.09 bits per heavy atom. The van der Waals surface area contributed by atoms with E-state index >= 15 is 0 Å². The Morgan fingerprint density at radius 3 is 2.39 bits per heavy atom. The lowest BCUT2D eigenvalue weighted by atomic mass is 10.2. The molecule has 0 saturated heterocycles. The number of rotatable bonds is 7. The average Bonchev–Trinajstić information content (AvgIpc) is 2.61. The summed E-state index contributed by atoms with van der Waals surface area (Å²) in [6.45, 7) is 2.52. The molecule has 0 amide bonds. The van der Waals surface area contributed by atoms with Gasteiger partial charge in [-0.1, -0.05) is 13.3 Å². The Kier molecular flexibility index (Phi) is 6.36. The van der Waals surface area contributed by atoms with Gasteiger partial charge in [-0.2, -0.15) is 0 Å². The lowest BCUT2D eigenvalue weighted by molar-refractivity contribution is 0.0500. The van der Waals surface area contributed by atoms with Crippen LogP contribution < -0.4 is 4.74 Å². The van der Waals surface area contributed by atoms with Gasteiger partial charge in [-0.05, 0) is 60.5 Å². The minimum absolute atomic E-state index is 0.288. The van der Waals surface area contributed by atoms with E-state index in [0.717, 1.165) is 29.8 Å². The Hall–Kier alpha value is -2.62. The van der Waals surface area contributed by atoms with Crippen LogP contribution in [0.4, 0.5) is 5.69 Å². The number of carbonyl (C=O) groups is 1. The van der Waals surface area contributed by atoms with Crippen LogP contribution in [0.3, 0.4) is 0 Å². The molecule has 0 unspecified atom stereocenters. The number of methoxy groups -OCH3 is 1. The van der Waals surface area contributed by atoms with Gasteiger partial charge in [0, 0.05) is 6.21 Å². The van der Waals surface area contributed by atoms with Crippen molar-refractivity contribution in [2.75, 3.05) is 13.7 Å². The van der Waals surface area contributed by atoms with Crippen molar-refractivity contribution < 1.29 is 14.3 Å². The largest absolute Gasteiger partial charge is 0.497 e. The summed E-state index contributed by atoms with van der Waals surface area (Å²) in [6.07, 6.45) is 3.66. The van der Waals surface area contributed by atoms with E-state index < -0.39 is 0 Å². The summed E-state index contributed by atoms with van der Waals surface area (Å²) >= 11 is 0. The summed E-state index contributed by atoms with van der Waals surface area (Å²) in [5, 5.41) is 0. The number of hydrogen-bond acceptors (Lipinski definition) is 4. The molecule has 120 valence electrons. The van der Waals surface area contributed by atoms with Gasteiger partial charge in [0.2, 0.25) is 0 Å². The number of carbonyl (C=O) groups excluding carboxylic acids is 1. The topological polar surface area (TPSA) is 47.9 Å². The maximum atomic E-state index is 11.8. The van der Waals surface area contributed by atoms with E-state index in [1.807, 2.05) is 24.3 Å². The Balaban J connectivity index is 1.96. The van der Waals surface area contributed by atoms with Crippen molar-refractivity contribution >= 4 is 17.9 Å². The van der Waals surface area contributed by atoms with Crippen molar-refractivity contribution in [3.8, 4) is 5.75 Å². The van der Waals surface area contributed by atoms with Crippen LogP contribution in [0.5, 0.6) is 5.75 Å². The number of ether oxygens (including phenoxy) is 2. The molecule has 0 aliphatic heterocycles. The quantitative estimate of drug-likeness (QED) is 0.432. The Labute approximate surface area is 136 Å². The van der Waals surface area contributed by atoms with Crippen LogP contribution in [0.15, 0.2) is 53.5 Å². The Bertz CT molecular complexity index is 645. The highest BCUT2D eigenvalue weighted by Crippen LogP contribution is 2.15. The summed E-state index contributed by atoms with van der Waals surface area (Å²) in [6, 6.07) is 14.7. The molecule has 0 fully saturated rings. The summed E-state index contributed by atoms with van der Waals surface area (Å²) in [7, 11) is 1.64. The first-order valence-corrected chi connectivity index (χ1v) is 7.68. The second-order valence-electron chi connectivity index (χ2n) is 5.07. The van der Waals surface area contributed by atoms with Crippen LogP contribution in [0.2, 0.25) is 0 Å². The van der Waals surface area contributed by atoms with Gasteiger partial charge in [0.25, 0.3) is 0 Å². The van der Waals surface area contributed by atoms with Crippen LogP contribution in [-0.4, -0.2) is 25.9 Å². The van der Waals surface area contributed by atoms with Crippen LogP contribution in [-0.2, 0) is 4.74 Å². The van der Waals surface area contributed by atoms with Gasteiger partial charge in [0.05, 0.1) is 25.0 Å². The van der Waals surface area contributed by atoms with Crippen LogP contribution in [0.25, 0.3) is 0 Å². The van der Waals surface area contributed by atoms with Gasteiger partial charge in [-0.15, -0.1) is 0 Å². The Morgan fingerprint density at radius 2 is 1.78 bits per heavy atom. The lowest BCUT2D eigenvalue weighted by Gasteiger charge is -2.04. The molecule has 0 bridgehead atoms. The molecule has 0 heterocycles. The average molecular weight is 311 g/mol. The van der Waals surface area contributed by atoms with Gasteiger partial charge < -0.3 is 9.47 Å². The smallest absolute Gasteiger partial charge is 0.338 e. The molecule has 0 radical (unpaired) electrons. The zero-order valence-corrected chi connectivity index (χ0v) is 13.5. The summed E-state index contributed by atoms with van der Waals surface area (Å²) < 4.78 is 10.3. The third-order valence-electron chi connectivity index (χ3n) is 3.31. The van der Waals surface area contributed by atoms with E-state index in [4.69, 9.17) is 9.47 Å². The van der Waals surface area contributed by atoms with Crippen LogP contribution >= 0.6 is 0 Å². The normalized spacial score (nSPS) is 10.7. The molecule has 0 aliphatic rings. The molecular formula is C19H21NO3. The highest BCUT2D eigenvalue weighted by molar-refractivity contribution is 5.90. The zero-order chi connectivity index (χ0) is 16.5. The fourth-order valence-corrected chi connectivity index (χ4v) is 1.92. The molecule has 0 saturated carbocycles. The predicted octanol–water partition coefficient (Wildman–Crippen LogP) is 4.40. The van der Waals surface area contributed by atoms with Crippen molar-refractivity contribution in [1.29, 1.82) is 0 Å². The molecule has 0 N–H and O–H groups in total. The number of aliphatic imine (C=N–C) groups is 1. The summed E-state index contributed by atoms with van der Waals surface area (Å²) in [5.74, 6) is 0.525. The van der Waals surface area contributed by atoms with Gasteiger partial charge in [0.15, 0.2) is 0 Å². The zero-order valence-electron chi connectivity index (χ0n) is 13.5. The van der Waals surface area contributed by atoms with Crippen molar-refractivity contribution in [1.82, 2.24) is 0 Å². The maximum absolute atomic E-state index is 11.8. The number of benzene rings is 2. The van der Waals surface area contributed by atoms with Crippen molar-refractivity contribution in [3.63, 3.8) is 0 Å². The second kappa shape index (κ2) is 8.73. The molecule has 4 heteroatoms. The molecule has 2 aromatic carbocycles. The minimum Gasteiger partial charge on any atom is -0.497 e. The fraction of sp³-hybridized carbons (Fsp3) is 0.263. The molecule has 0 aromatic heterocycles. The first-order valence-electron chi connectivity index (χ1n) is 7.68. The van der Waals surface area contributed by atoms with Crippen LogP contribution in [0.1, 0.15) is 35.7 Å². The second-order valence-corrected chi connectivity index (χ2v) is 5.07. The molecule has 2 rings (SSSR count). The van der Waals surface area contributed by atoms with Gasteiger partial charge in [0.1, 0.15) is 5.75 Å². The maximum Gasteiger partial charge on any atom is 0.338 e. The molecular weight excluding hydrogens is 290 g/mol. The molecule has 2 aromatic rings. The summed E-state index contributed by atoms with van der Waals surface area (Å²) in [5.41, 5.74) is 2.31. The number of unbranched alkanes of at least 4 members (excludes halogenated alkanes) is 1. The number of nitrogens with zero attached hydrogens (tertiary/aromatic N) is 1. The van der Waals surface area contributed by atoms with Gasteiger partial charge in [-0.3, -0.25) is 4.99 Å². The van der Waals surface area contributed by atoms with E-state index in [0.29, 0.717) is 12.2 Å². The van der Waals surface area contributed by atoms with E-state index in [1.54, 1.807) is 37.6 Å². The number of hydrogen-bond donors (Lipinski definition) is 0. The molecule has 4 nitrogen and oxygen atoms in total. The first kappa shape index (κ1) is 16.7. The third kappa shape index (κ3) is 5.25.